The topological polar surface area (TPSA) is 38.3 Å². The summed E-state index contributed by atoms with van der Waals surface area (Å²) in [7, 11) is 0. The molecule has 1 aromatic carbocycles. The third-order valence-electron chi connectivity index (χ3n) is 1.47. The molecule has 76 valence electrons. The summed E-state index contributed by atoms with van der Waals surface area (Å²) in [6.45, 7) is 3.37. The predicted octanol–water partition coefficient (Wildman–Crippen LogP) is 2.76. The van der Waals surface area contributed by atoms with E-state index in [0.717, 1.165) is 11.4 Å². The Labute approximate surface area is 91.6 Å². The van der Waals surface area contributed by atoms with Gasteiger partial charge in [-0.3, -0.25) is 4.79 Å². The van der Waals surface area contributed by atoms with E-state index in [1.807, 2.05) is 19.1 Å². The molecule has 0 saturated carbocycles. The van der Waals surface area contributed by atoms with Gasteiger partial charge in [-0.25, -0.2) is 0 Å². The molecule has 0 aliphatic rings. The Hall–Kier alpha value is -1.03. The van der Waals surface area contributed by atoms with Gasteiger partial charge in [-0.05, 0) is 47.1 Å². The first kappa shape index (κ1) is 11.0. The van der Waals surface area contributed by atoms with Gasteiger partial charge in [0, 0.05) is 12.6 Å². The number of halogens is 1. The highest BCUT2D eigenvalue weighted by molar-refractivity contribution is 9.09. The number of rotatable bonds is 3. The van der Waals surface area contributed by atoms with E-state index in [-0.39, 0.29) is 10.9 Å². The van der Waals surface area contributed by atoms with E-state index in [1.165, 1.54) is 6.92 Å². The van der Waals surface area contributed by atoms with Gasteiger partial charge in [0.15, 0.2) is 5.01 Å². The number of benzene rings is 1. The third-order valence-corrected chi connectivity index (χ3v) is 1.66. The maximum atomic E-state index is 10.7. The molecule has 0 heterocycles. The highest BCUT2D eigenvalue weighted by Crippen LogP contribution is 2.18. The summed E-state index contributed by atoms with van der Waals surface area (Å²) in [5, 5.41) is 2.66. The van der Waals surface area contributed by atoms with Gasteiger partial charge in [0.25, 0.3) is 0 Å². The summed E-state index contributed by atoms with van der Waals surface area (Å²) in [6, 6.07) is 7.21. The van der Waals surface area contributed by atoms with E-state index < -0.39 is 0 Å². The van der Waals surface area contributed by atoms with Crippen LogP contribution in [-0.2, 0) is 4.79 Å². The average molecular weight is 258 g/mol. The van der Waals surface area contributed by atoms with E-state index in [9.17, 15) is 4.79 Å². The van der Waals surface area contributed by atoms with Crippen molar-refractivity contribution in [1.29, 1.82) is 0 Å². The van der Waals surface area contributed by atoms with Crippen LogP contribution >= 0.6 is 15.9 Å². The predicted molar refractivity (Wildman–Crippen MR) is 59.8 cm³/mol. The minimum Gasteiger partial charge on any atom is -0.480 e. The molecule has 1 N–H and O–H groups in total. The molecule has 0 bridgehead atoms. The van der Waals surface area contributed by atoms with Crippen molar-refractivity contribution in [1.82, 2.24) is 0 Å². The van der Waals surface area contributed by atoms with Crippen LogP contribution in [0.5, 0.6) is 5.75 Å². The van der Waals surface area contributed by atoms with Gasteiger partial charge >= 0.3 is 0 Å². The van der Waals surface area contributed by atoms with E-state index >= 15 is 0 Å². The van der Waals surface area contributed by atoms with E-state index in [0.29, 0.717) is 0 Å². The smallest absolute Gasteiger partial charge is 0.221 e. The van der Waals surface area contributed by atoms with Crippen LogP contribution in [0.15, 0.2) is 24.3 Å². The van der Waals surface area contributed by atoms with Crippen molar-refractivity contribution < 1.29 is 9.53 Å². The van der Waals surface area contributed by atoms with Gasteiger partial charge in [0.05, 0.1) is 0 Å². The van der Waals surface area contributed by atoms with Crippen LogP contribution in [0.25, 0.3) is 0 Å². The highest BCUT2D eigenvalue weighted by Gasteiger charge is 1.99. The maximum absolute atomic E-state index is 10.7. The molecule has 1 unspecified atom stereocenters. The average Bonchev–Trinajstić information content (AvgIpc) is 2.06. The number of amides is 1. The number of anilines is 1. The molecule has 0 saturated heterocycles. The zero-order chi connectivity index (χ0) is 10.6. The molecule has 1 aromatic rings. The minimum absolute atomic E-state index is 0.0193. The molecule has 0 aromatic heterocycles. The lowest BCUT2D eigenvalue weighted by Gasteiger charge is -2.08. The van der Waals surface area contributed by atoms with E-state index in [4.69, 9.17) is 4.74 Å². The number of hydrogen-bond acceptors (Lipinski definition) is 2. The Morgan fingerprint density at radius 3 is 2.43 bits per heavy atom. The molecular formula is C10H12BrNO2. The standard InChI is InChI=1S/C10H12BrNO2/c1-7(11)14-10-5-3-9(4-6-10)12-8(2)13/h3-7H,1-2H3,(H,12,13). The second-order valence-corrected chi connectivity index (χ2v) is 4.16. The van der Waals surface area contributed by atoms with Crippen LogP contribution in [-0.4, -0.2) is 10.9 Å². The Morgan fingerprint density at radius 2 is 2.00 bits per heavy atom. The highest BCUT2D eigenvalue weighted by atomic mass is 79.9. The monoisotopic (exact) mass is 257 g/mol. The fourth-order valence-electron chi connectivity index (χ4n) is 1.01. The van der Waals surface area contributed by atoms with Crippen LogP contribution < -0.4 is 10.1 Å². The molecule has 1 atom stereocenters. The van der Waals surface area contributed by atoms with Crippen molar-refractivity contribution in [3.05, 3.63) is 24.3 Å². The zero-order valence-corrected chi connectivity index (χ0v) is 9.67. The van der Waals surface area contributed by atoms with Crippen molar-refractivity contribution in [3.8, 4) is 5.75 Å². The summed E-state index contributed by atoms with van der Waals surface area (Å²) in [5.41, 5.74) is 0.770. The maximum Gasteiger partial charge on any atom is 0.221 e. The molecule has 0 aliphatic heterocycles. The normalized spacial score (nSPS) is 11.9. The first-order valence-electron chi connectivity index (χ1n) is 4.26. The summed E-state index contributed by atoms with van der Waals surface area (Å²) in [6.07, 6.45) is 0. The number of carbonyl (C=O) groups excluding carboxylic acids is 1. The van der Waals surface area contributed by atoms with Gasteiger partial charge in [0.1, 0.15) is 5.75 Å². The number of ether oxygens (including phenoxy) is 1. The van der Waals surface area contributed by atoms with Crippen LogP contribution in [0, 0.1) is 0 Å². The van der Waals surface area contributed by atoms with Gasteiger partial charge in [-0.1, -0.05) is 0 Å². The summed E-state index contributed by atoms with van der Waals surface area (Å²) in [4.78, 5) is 10.7. The second kappa shape index (κ2) is 5.00. The fourth-order valence-corrected chi connectivity index (χ4v) is 1.22. The SMILES string of the molecule is CC(=O)Nc1ccc(OC(C)Br)cc1. The fraction of sp³-hybridized carbons (Fsp3) is 0.300. The van der Waals surface area contributed by atoms with Crippen molar-refractivity contribution in [2.45, 2.75) is 18.9 Å². The number of alkyl halides is 1. The van der Waals surface area contributed by atoms with E-state index in [1.54, 1.807) is 12.1 Å². The lowest BCUT2D eigenvalue weighted by atomic mass is 10.3. The van der Waals surface area contributed by atoms with E-state index in [2.05, 4.69) is 21.2 Å². The van der Waals surface area contributed by atoms with Gasteiger partial charge < -0.3 is 10.1 Å². The van der Waals surface area contributed by atoms with Crippen LogP contribution in [0.1, 0.15) is 13.8 Å². The van der Waals surface area contributed by atoms with Crippen LogP contribution in [0.2, 0.25) is 0 Å². The Morgan fingerprint density at radius 1 is 1.43 bits per heavy atom. The molecule has 3 nitrogen and oxygen atoms in total. The first-order chi connectivity index (χ1) is 6.58. The number of nitrogens with one attached hydrogen (secondary N) is 1. The summed E-state index contributed by atoms with van der Waals surface area (Å²) in [5.74, 6) is 0.691. The second-order valence-electron chi connectivity index (χ2n) is 2.87. The van der Waals surface area contributed by atoms with Crippen molar-refractivity contribution in [2.75, 3.05) is 5.32 Å². The molecule has 4 heteroatoms. The molecule has 0 radical (unpaired) electrons. The molecule has 14 heavy (non-hydrogen) atoms. The number of hydrogen-bond donors (Lipinski definition) is 1. The Kier molecular flexibility index (Phi) is 3.95. The van der Waals surface area contributed by atoms with Crippen molar-refractivity contribution in [3.63, 3.8) is 0 Å². The lowest BCUT2D eigenvalue weighted by Crippen LogP contribution is -2.06. The summed E-state index contributed by atoms with van der Waals surface area (Å²) >= 11 is 3.28. The van der Waals surface area contributed by atoms with Crippen LogP contribution in [0.3, 0.4) is 0 Å². The van der Waals surface area contributed by atoms with Gasteiger partial charge in [-0.15, -0.1) is 0 Å². The molecule has 0 fully saturated rings. The molecule has 1 rings (SSSR count). The van der Waals surface area contributed by atoms with Gasteiger partial charge in [-0.2, -0.15) is 0 Å². The minimum atomic E-state index is -0.0764. The number of carbonyl (C=O) groups is 1. The molecule has 0 aliphatic carbocycles. The molecular weight excluding hydrogens is 246 g/mol. The van der Waals surface area contributed by atoms with Crippen molar-refractivity contribution >= 4 is 27.5 Å². The lowest BCUT2D eigenvalue weighted by molar-refractivity contribution is -0.114. The Bertz CT molecular complexity index is 308. The van der Waals surface area contributed by atoms with Crippen LogP contribution in [0.4, 0.5) is 5.69 Å². The van der Waals surface area contributed by atoms with Crippen molar-refractivity contribution in [2.24, 2.45) is 0 Å². The quantitative estimate of drug-likeness (QED) is 0.846. The molecule has 1 amide bonds. The Balaban J connectivity index is 2.63. The zero-order valence-electron chi connectivity index (χ0n) is 8.08. The largest absolute Gasteiger partial charge is 0.480 e. The third kappa shape index (κ3) is 3.79. The molecule has 0 spiro atoms. The summed E-state index contributed by atoms with van der Waals surface area (Å²) < 4.78 is 5.38. The first-order valence-corrected chi connectivity index (χ1v) is 5.18. The van der Waals surface area contributed by atoms with Gasteiger partial charge in [0.2, 0.25) is 5.91 Å².